The lowest BCUT2D eigenvalue weighted by Gasteiger charge is -2.08. The van der Waals surface area contributed by atoms with Crippen LogP contribution in [0.4, 0.5) is 5.69 Å². The van der Waals surface area contributed by atoms with E-state index in [1.807, 2.05) is 20.2 Å². The number of nitrogens with zero attached hydrogens (tertiary/aromatic N) is 2. The SMILES string of the molecule is CCNS(=O)(=O)c1ccc(NCc2cn(C)nc2C)cc1. The molecule has 7 heteroatoms. The molecule has 2 aromatic rings. The molecule has 0 amide bonds. The van der Waals surface area contributed by atoms with Crippen LogP contribution in [0, 0.1) is 6.92 Å². The molecule has 21 heavy (non-hydrogen) atoms. The van der Waals surface area contributed by atoms with E-state index in [2.05, 4.69) is 15.1 Å². The summed E-state index contributed by atoms with van der Waals surface area (Å²) in [7, 11) is -1.50. The molecule has 0 spiro atoms. The molecule has 0 unspecified atom stereocenters. The fraction of sp³-hybridized carbons (Fsp3) is 0.357. The first kappa shape index (κ1) is 15.5. The average Bonchev–Trinajstić information content (AvgIpc) is 2.75. The van der Waals surface area contributed by atoms with E-state index in [1.54, 1.807) is 35.9 Å². The predicted molar refractivity (Wildman–Crippen MR) is 82.6 cm³/mol. The predicted octanol–water partition coefficient (Wildman–Crippen LogP) is 1.64. The molecule has 1 aromatic heterocycles. The molecule has 0 fully saturated rings. The van der Waals surface area contributed by atoms with Gasteiger partial charge in [0.2, 0.25) is 10.0 Å². The Bertz CT molecular complexity index is 705. The molecule has 0 saturated heterocycles. The van der Waals surface area contributed by atoms with Gasteiger partial charge in [-0.1, -0.05) is 6.92 Å². The van der Waals surface area contributed by atoms with Gasteiger partial charge < -0.3 is 5.32 Å². The van der Waals surface area contributed by atoms with Crippen molar-refractivity contribution in [1.82, 2.24) is 14.5 Å². The monoisotopic (exact) mass is 308 g/mol. The molecule has 0 bridgehead atoms. The largest absolute Gasteiger partial charge is 0.381 e. The van der Waals surface area contributed by atoms with Crippen LogP contribution >= 0.6 is 0 Å². The van der Waals surface area contributed by atoms with E-state index >= 15 is 0 Å². The number of aryl methyl sites for hydroxylation is 2. The Labute approximate surface area is 125 Å². The minimum Gasteiger partial charge on any atom is -0.381 e. The zero-order valence-corrected chi connectivity index (χ0v) is 13.2. The van der Waals surface area contributed by atoms with E-state index in [4.69, 9.17) is 0 Å². The first-order valence-corrected chi connectivity index (χ1v) is 8.23. The van der Waals surface area contributed by atoms with Gasteiger partial charge in [-0.3, -0.25) is 4.68 Å². The molecule has 2 rings (SSSR count). The number of rotatable bonds is 6. The maximum absolute atomic E-state index is 11.8. The summed E-state index contributed by atoms with van der Waals surface area (Å²) in [4.78, 5) is 0.271. The van der Waals surface area contributed by atoms with E-state index in [-0.39, 0.29) is 4.90 Å². The Morgan fingerprint density at radius 3 is 2.43 bits per heavy atom. The highest BCUT2D eigenvalue weighted by Gasteiger charge is 2.11. The highest BCUT2D eigenvalue weighted by molar-refractivity contribution is 7.89. The van der Waals surface area contributed by atoms with Gasteiger partial charge in [-0.05, 0) is 31.2 Å². The maximum atomic E-state index is 11.8. The van der Waals surface area contributed by atoms with Crippen LogP contribution in [0.25, 0.3) is 0 Å². The zero-order valence-electron chi connectivity index (χ0n) is 12.4. The van der Waals surface area contributed by atoms with Crippen LogP contribution in [-0.4, -0.2) is 24.7 Å². The molecule has 0 atom stereocenters. The summed E-state index contributed by atoms with van der Waals surface area (Å²) in [6.07, 6.45) is 1.96. The summed E-state index contributed by atoms with van der Waals surface area (Å²) in [6, 6.07) is 6.71. The standard InChI is InChI=1S/C14H20N4O2S/c1-4-16-21(19,20)14-7-5-13(6-8-14)15-9-12-10-18(3)17-11(12)2/h5-8,10,15-16H,4,9H2,1-3H3. The molecule has 114 valence electrons. The third-order valence-electron chi connectivity index (χ3n) is 3.10. The number of sulfonamides is 1. The number of hydrogen-bond donors (Lipinski definition) is 2. The molecule has 6 nitrogen and oxygen atoms in total. The lowest BCUT2D eigenvalue weighted by atomic mass is 10.2. The van der Waals surface area contributed by atoms with Crippen LogP contribution in [0.1, 0.15) is 18.2 Å². The van der Waals surface area contributed by atoms with Gasteiger partial charge in [-0.2, -0.15) is 5.10 Å². The summed E-state index contributed by atoms with van der Waals surface area (Å²) in [5, 5.41) is 7.54. The number of nitrogens with one attached hydrogen (secondary N) is 2. The van der Waals surface area contributed by atoms with Crippen molar-refractivity contribution in [2.24, 2.45) is 7.05 Å². The summed E-state index contributed by atoms with van der Waals surface area (Å²) in [5.41, 5.74) is 2.96. The van der Waals surface area contributed by atoms with Crippen LogP contribution in [0.15, 0.2) is 35.4 Å². The average molecular weight is 308 g/mol. The Morgan fingerprint density at radius 2 is 1.90 bits per heavy atom. The molecule has 0 aliphatic heterocycles. The summed E-state index contributed by atoms with van der Waals surface area (Å²) >= 11 is 0. The Balaban J connectivity index is 2.05. The van der Waals surface area contributed by atoms with Crippen LogP contribution in [0.2, 0.25) is 0 Å². The van der Waals surface area contributed by atoms with Crippen LogP contribution in [-0.2, 0) is 23.6 Å². The van der Waals surface area contributed by atoms with Gasteiger partial charge in [0.25, 0.3) is 0 Å². The molecule has 0 radical (unpaired) electrons. The molecule has 0 aliphatic carbocycles. The van der Waals surface area contributed by atoms with Crippen LogP contribution in [0.5, 0.6) is 0 Å². The van der Waals surface area contributed by atoms with Gasteiger partial charge in [-0.15, -0.1) is 0 Å². The van der Waals surface area contributed by atoms with Gasteiger partial charge in [0.05, 0.1) is 10.6 Å². The van der Waals surface area contributed by atoms with Crippen molar-refractivity contribution in [3.8, 4) is 0 Å². The lowest BCUT2D eigenvalue weighted by Crippen LogP contribution is -2.23. The molecule has 1 heterocycles. The van der Waals surface area contributed by atoms with E-state index in [0.29, 0.717) is 13.1 Å². The van der Waals surface area contributed by atoms with E-state index in [0.717, 1.165) is 16.9 Å². The minimum atomic E-state index is -3.39. The third-order valence-corrected chi connectivity index (χ3v) is 4.66. The second kappa shape index (κ2) is 6.28. The van der Waals surface area contributed by atoms with Gasteiger partial charge in [0, 0.05) is 37.6 Å². The van der Waals surface area contributed by atoms with Crippen molar-refractivity contribution in [2.75, 3.05) is 11.9 Å². The molecule has 2 N–H and O–H groups in total. The Morgan fingerprint density at radius 1 is 1.24 bits per heavy atom. The van der Waals surface area contributed by atoms with Crippen molar-refractivity contribution in [3.05, 3.63) is 41.7 Å². The first-order valence-electron chi connectivity index (χ1n) is 6.75. The number of hydrogen-bond acceptors (Lipinski definition) is 4. The third kappa shape index (κ3) is 3.83. The van der Waals surface area contributed by atoms with Gasteiger partial charge in [-0.25, -0.2) is 13.1 Å². The molecular weight excluding hydrogens is 288 g/mol. The van der Waals surface area contributed by atoms with Crippen molar-refractivity contribution in [2.45, 2.75) is 25.3 Å². The Kier molecular flexibility index (Phi) is 4.64. The quantitative estimate of drug-likeness (QED) is 0.850. The maximum Gasteiger partial charge on any atom is 0.240 e. The van der Waals surface area contributed by atoms with Gasteiger partial charge in [0.15, 0.2) is 0 Å². The topological polar surface area (TPSA) is 76.0 Å². The summed E-state index contributed by atoms with van der Waals surface area (Å²) in [6.45, 7) is 4.74. The number of benzene rings is 1. The molecule has 0 aliphatic rings. The lowest BCUT2D eigenvalue weighted by molar-refractivity contribution is 0.584. The smallest absolute Gasteiger partial charge is 0.240 e. The van der Waals surface area contributed by atoms with Crippen molar-refractivity contribution >= 4 is 15.7 Å². The van der Waals surface area contributed by atoms with E-state index in [9.17, 15) is 8.42 Å². The van der Waals surface area contributed by atoms with Gasteiger partial charge >= 0.3 is 0 Å². The number of anilines is 1. The fourth-order valence-electron chi connectivity index (χ4n) is 2.04. The molecule has 1 aromatic carbocycles. The van der Waals surface area contributed by atoms with E-state index < -0.39 is 10.0 Å². The normalized spacial score (nSPS) is 11.6. The highest BCUT2D eigenvalue weighted by atomic mass is 32.2. The zero-order chi connectivity index (χ0) is 15.5. The number of aromatic nitrogens is 2. The minimum absolute atomic E-state index is 0.271. The van der Waals surface area contributed by atoms with Crippen LogP contribution in [0.3, 0.4) is 0 Å². The second-order valence-corrected chi connectivity index (χ2v) is 6.56. The summed E-state index contributed by atoms with van der Waals surface area (Å²) in [5.74, 6) is 0. The van der Waals surface area contributed by atoms with E-state index in [1.165, 1.54) is 0 Å². The summed E-state index contributed by atoms with van der Waals surface area (Å²) < 4.78 is 27.9. The molecule has 0 saturated carbocycles. The first-order chi connectivity index (χ1) is 9.92. The van der Waals surface area contributed by atoms with Crippen molar-refractivity contribution < 1.29 is 8.42 Å². The Hall–Kier alpha value is -1.86. The fourth-order valence-corrected chi connectivity index (χ4v) is 3.09. The van der Waals surface area contributed by atoms with Gasteiger partial charge in [0.1, 0.15) is 0 Å². The van der Waals surface area contributed by atoms with Crippen molar-refractivity contribution in [1.29, 1.82) is 0 Å². The molecular formula is C14H20N4O2S. The highest BCUT2D eigenvalue weighted by Crippen LogP contribution is 2.15. The second-order valence-electron chi connectivity index (χ2n) is 4.79. The van der Waals surface area contributed by atoms with Crippen molar-refractivity contribution in [3.63, 3.8) is 0 Å². The van der Waals surface area contributed by atoms with Crippen LogP contribution < -0.4 is 10.0 Å².